The van der Waals surface area contributed by atoms with Crippen molar-refractivity contribution >= 4 is 36.8 Å². The van der Waals surface area contributed by atoms with E-state index in [4.69, 9.17) is 3.97 Å². The minimum Gasteiger partial charge on any atom is -0.240 e. The Balaban J connectivity index is 1.76. The van der Waals surface area contributed by atoms with Crippen LogP contribution in [0.2, 0.25) is 0 Å². The summed E-state index contributed by atoms with van der Waals surface area (Å²) in [5, 5.41) is 2.13. The molecule has 0 N–H and O–H groups in total. The monoisotopic (exact) mass is 560 g/mol. The van der Waals surface area contributed by atoms with Crippen LogP contribution >= 0.6 is 16.1 Å². The van der Waals surface area contributed by atoms with Gasteiger partial charge in [-0.25, -0.2) is 3.97 Å². The summed E-state index contributed by atoms with van der Waals surface area (Å²) in [5.74, 6) is 0. The van der Waals surface area contributed by atoms with Gasteiger partial charge in [-0.15, -0.1) is 0 Å². The van der Waals surface area contributed by atoms with Gasteiger partial charge in [0.2, 0.25) is 0 Å². The SMILES string of the molecule is O=S(=O)(OP(CCP(c1ccccc1)c1ccccc1)C(c1ccccc1)c1ccccc1)C(F)(F)F. The molecule has 9 heteroatoms. The van der Waals surface area contributed by atoms with Crippen molar-refractivity contribution in [2.45, 2.75) is 11.2 Å². The molecule has 0 aliphatic heterocycles. The Labute approximate surface area is 218 Å². The van der Waals surface area contributed by atoms with Gasteiger partial charge in [0, 0.05) is 0 Å². The zero-order valence-electron chi connectivity index (χ0n) is 19.7. The van der Waals surface area contributed by atoms with E-state index in [0.29, 0.717) is 17.3 Å². The van der Waals surface area contributed by atoms with E-state index in [1.165, 1.54) is 0 Å². The van der Waals surface area contributed by atoms with E-state index in [-0.39, 0.29) is 6.16 Å². The molecule has 0 heterocycles. The van der Waals surface area contributed by atoms with E-state index >= 15 is 0 Å². The maximum Gasteiger partial charge on any atom is 0.523 e. The first-order valence-electron chi connectivity index (χ1n) is 11.5. The van der Waals surface area contributed by atoms with Gasteiger partial charge in [-0.1, -0.05) is 121 Å². The molecule has 0 aliphatic carbocycles. The Morgan fingerprint density at radius 1 is 0.622 bits per heavy atom. The van der Waals surface area contributed by atoms with Crippen LogP contribution in [-0.2, 0) is 14.1 Å². The third-order valence-corrected chi connectivity index (χ3v) is 12.5. The Kier molecular flexibility index (Phi) is 9.15. The predicted molar refractivity (Wildman–Crippen MR) is 147 cm³/mol. The van der Waals surface area contributed by atoms with Crippen LogP contribution in [0.4, 0.5) is 13.2 Å². The molecular formula is C28H25F3O3P2S. The minimum atomic E-state index is -5.80. The number of alkyl halides is 3. The molecule has 0 amide bonds. The van der Waals surface area contributed by atoms with E-state index in [1.54, 1.807) is 48.5 Å². The quantitative estimate of drug-likeness (QED) is 0.153. The number of rotatable bonds is 10. The van der Waals surface area contributed by atoms with Crippen molar-refractivity contribution in [2.24, 2.45) is 0 Å². The zero-order chi connectivity index (χ0) is 26.3. The molecule has 3 nitrogen and oxygen atoms in total. The molecular weight excluding hydrogens is 535 g/mol. The smallest absolute Gasteiger partial charge is 0.240 e. The number of hydrogen-bond donors (Lipinski definition) is 0. The second-order valence-corrected chi connectivity index (χ2v) is 14.3. The summed E-state index contributed by atoms with van der Waals surface area (Å²) in [5.41, 5.74) is -4.74. The van der Waals surface area contributed by atoms with Gasteiger partial charge in [-0.3, -0.25) is 0 Å². The summed E-state index contributed by atoms with van der Waals surface area (Å²) in [6.45, 7) is 0. The molecule has 0 bridgehead atoms. The van der Waals surface area contributed by atoms with Crippen LogP contribution in [0.5, 0.6) is 0 Å². The summed E-state index contributed by atoms with van der Waals surface area (Å²) < 4.78 is 70.2. The lowest BCUT2D eigenvalue weighted by molar-refractivity contribution is -0.0497. The number of halogens is 3. The van der Waals surface area contributed by atoms with Crippen molar-refractivity contribution in [1.82, 2.24) is 0 Å². The Morgan fingerprint density at radius 2 is 1.00 bits per heavy atom. The average Bonchev–Trinajstić information content (AvgIpc) is 2.90. The van der Waals surface area contributed by atoms with Crippen molar-refractivity contribution in [3.8, 4) is 0 Å². The molecule has 0 spiro atoms. The molecule has 0 fully saturated rings. The molecule has 0 saturated carbocycles. The minimum absolute atomic E-state index is 0.161. The summed E-state index contributed by atoms with van der Waals surface area (Å²) in [4.78, 5) is 0. The standard InChI is InChI=1S/C28H25F3O3P2S/c29-28(30,31)37(32,33)34-36(27(23-13-5-1-6-14-23)24-15-7-2-8-16-24)22-21-35(25-17-9-3-10-18-25)26-19-11-4-12-20-26/h1-20,27H,21-22H2. The Hall–Kier alpha value is -2.56. The topological polar surface area (TPSA) is 43.4 Å². The van der Waals surface area contributed by atoms with Gasteiger partial charge >= 0.3 is 15.6 Å². The lowest BCUT2D eigenvalue weighted by Crippen LogP contribution is -2.25. The second kappa shape index (κ2) is 12.3. The van der Waals surface area contributed by atoms with Gasteiger partial charge in [0.1, 0.15) is 0 Å². The lowest BCUT2D eigenvalue weighted by Gasteiger charge is -2.29. The van der Waals surface area contributed by atoms with Crippen LogP contribution in [0.1, 0.15) is 16.8 Å². The van der Waals surface area contributed by atoms with Crippen LogP contribution in [-0.4, -0.2) is 26.2 Å². The van der Waals surface area contributed by atoms with E-state index in [9.17, 15) is 21.6 Å². The fourth-order valence-electron chi connectivity index (χ4n) is 4.00. The normalized spacial score (nSPS) is 13.1. The highest BCUT2D eigenvalue weighted by Gasteiger charge is 2.49. The molecule has 0 aliphatic rings. The van der Waals surface area contributed by atoms with Gasteiger partial charge in [-0.05, 0) is 42.0 Å². The maximum atomic E-state index is 13.5. The molecule has 0 aromatic heterocycles. The highest BCUT2D eigenvalue weighted by Crippen LogP contribution is 2.59. The van der Waals surface area contributed by atoms with Crippen molar-refractivity contribution in [2.75, 3.05) is 12.3 Å². The molecule has 0 saturated heterocycles. The third-order valence-electron chi connectivity index (χ3n) is 5.68. The van der Waals surface area contributed by atoms with Crippen LogP contribution in [0.3, 0.4) is 0 Å². The summed E-state index contributed by atoms with van der Waals surface area (Å²) in [6, 6.07) is 37.5. The van der Waals surface area contributed by atoms with Gasteiger partial charge < -0.3 is 0 Å². The first-order chi connectivity index (χ1) is 17.8. The Bertz CT molecular complexity index is 1280. The lowest BCUT2D eigenvalue weighted by atomic mass is 10.0. The number of benzene rings is 4. The van der Waals surface area contributed by atoms with Crippen molar-refractivity contribution < 1.29 is 25.6 Å². The molecule has 1 unspecified atom stereocenters. The van der Waals surface area contributed by atoms with Crippen LogP contribution in [0.15, 0.2) is 121 Å². The first-order valence-corrected chi connectivity index (χ1v) is 16.0. The zero-order valence-corrected chi connectivity index (χ0v) is 22.3. The van der Waals surface area contributed by atoms with Gasteiger partial charge in [0.25, 0.3) is 0 Å². The fourth-order valence-corrected chi connectivity index (χ4v) is 10.7. The van der Waals surface area contributed by atoms with Crippen LogP contribution in [0.25, 0.3) is 0 Å². The molecule has 4 rings (SSSR count). The molecule has 4 aromatic carbocycles. The van der Waals surface area contributed by atoms with E-state index in [2.05, 4.69) is 0 Å². The van der Waals surface area contributed by atoms with Gasteiger partial charge in [0.15, 0.2) is 0 Å². The summed E-state index contributed by atoms with van der Waals surface area (Å²) in [6.07, 6.45) is 0.632. The second-order valence-electron chi connectivity index (χ2n) is 8.16. The highest BCUT2D eigenvalue weighted by molar-refractivity contribution is 7.91. The average molecular weight is 561 g/mol. The largest absolute Gasteiger partial charge is 0.523 e. The molecule has 0 radical (unpaired) electrons. The third kappa shape index (κ3) is 7.06. The number of hydrogen-bond acceptors (Lipinski definition) is 3. The molecule has 4 aromatic rings. The predicted octanol–water partition coefficient (Wildman–Crippen LogP) is 7.17. The van der Waals surface area contributed by atoms with Crippen molar-refractivity contribution in [3.05, 3.63) is 132 Å². The van der Waals surface area contributed by atoms with Gasteiger partial charge in [-0.2, -0.15) is 21.6 Å². The van der Waals surface area contributed by atoms with E-state index in [0.717, 1.165) is 10.6 Å². The molecule has 192 valence electrons. The molecule has 37 heavy (non-hydrogen) atoms. The maximum absolute atomic E-state index is 13.5. The van der Waals surface area contributed by atoms with Crippen LogP contribution < -0.4 is 10.6 Å². The summed E-state index contributed by atoms with van der Waals surface area (Å²) in [7, 11) is -8.89. The van der Waals surface area contributed by atoms with Crippen molar-refractivity contribution in [1.29, 1.82) is 0 Å². The first kappa shape index (κ1) is 27.5. The van der Waals surface area contributed by atoms with Crippen molar-refractivity contribution in [3.63, 3.8) is 0 Å². The Morgan fingerprint density at radius 3 is 1.38 bits per heavy atom. The molecule has 1 atom stereocenters. The van der Waals surface area contributed by atoms with Gasteiger partial charge in [0.05, 0.1) is 13.8 Å². The van der Waals surface area contributed by atoms with Crippen LogP contribution in [0, 0.1) is 0 Å². The summed E-state index contributed by atoms with van der Waals surface area (Å²) >= 11 is 0. The highest BCUT2D eigenvalue weighted by atomic mass is 32.2. The fraction of sp³-hybridized carbons (Fsp3) is 0.143. The van der Waals surface area contributed by atoms with E-state index < -0.39 is 37.4 Å². The van der Waals surface area contributed by atoms with E-state index in [1.807, 2.05) is 72.8 Å².